The maximum absolute atomic E-state index is 13.4. The third-order valence-corrected chi connectivity index (χ3v) is 7.60. The number of carboxylic acids is 1. The third-order valence-electron chi connectivity index (χ3n) is 7.60. The van der Waals surface area contributed by atoms with Crippen molar-refractivity contribution >= 4 is 47.3 Å². The number of amides is 7. The monoisotopic (exact) mass is 698 g/mol. The zero-order valence-corrected chi connectivity index (χ0v) is 29.3. The van der Waals surface area contributed by atoms with E-state index in [-0.39, 0.29) is 24.8 Å². The topological polar surface area (TPSA) is 278 Å². The molecule has 0 aromatic rings. The number of likely N-dealkylation sites (tertiary alicyclic amines) is 1. The van der Waals surface area contributed by atoms with E-state index in [1.807, 2.05) is 13.8 Å². The lowest BCUT2D eigenvalue weighted by atomic mass is 10.0. The lowest BCUT2D eigenvalue weighted by Crippen LogP contribution is -2.57. The molecule has 1 aliphatic heterocycles. The van der Waals surface area contributed by atoms with Gasteiger partial charge in [0.2, 0.25) is 41.4 Å². The molecule has 0 spiro atoms. The van der Waals surface area contributed by atoms with Crippen molar-refractivity contribution in [2.45, 2.75) is 117 Å². The second kappa shape index (κ2) is 20.3. The van der Waals surface area contributed by atoms with Crippen LogP contribution in [0.15, 0.2) is 0 Å². The van der Waals surface area contributed by atoms with Gasteiger partial charge in [-0.25, -0.2) is 4.79 Å². The average molecular weight is 699 g/mol. The van der Waals surface area contributed by atoms with Crippen LogP contribution in [0.3, 0.4) is 0 Å². The molecule has 0 aromatic carbocycles. The Morgan fingerprint density at radius 3 is 1.82 bits per heavy atom. The minimum absolute atomic E-state index is 0.0561. The molecular weight excluding hydrogens is 644 g/mol. The van der Waals surface area contributed by atoms with E-state index in [4.69, 9.17) is 5.73 Å². The molecule has 0 unspecified atom stereocenters. The summed E-state index contributed by atoms with van der Waals surface area (Å²) in [6.07, 6.45) is -0.0359. The summed E-state index contributed by atoms with van der Waals surface area (Å²) in [5.74, 6) is -6.03. The van der Waals surface area contributed by atoms with Crippen LogP contribution in [0.25, 0.3) is 0 Å². The molecule has 1 aliphatic rings. The zero-order valence-electron chi connectivity index (χ0n) is 29.3. The fraction of sp³-hybridized carbons (Fsp3) is 0.742. The van der Waals surface area contributed by atoms with Crippen molar-refractivity contribution in [3.8, 4) is 0 Å². The first-order valence-corrected chi connectivity index (χ1v) is 16.5. The van der Waals surface area contributed by atoms with Crippen molar-refractivity contribution in [3.05, 3.63) is 0 Å². The predicted molar refractivity (Wildman–Crippen MR) is 176 cm³/mol. The van der Waals surface area contributed by atoms with Crippen LogP contribution < -0.4 is 37.6 Å². The first-order valence-electron chi connectivity index (χ1n) is 16.5. The molecule has 0 aliphatic carbocycles. The number of nitrogens with two attached hydrogens (primary N) is 1. The van der Waals surface area contributed by atoms with E-state index >= 15 is 0 Å². The summed E-state index contributed by atoms with van der Waals surface area (Å²) in [7, 11) is 0. The number of nitrogens with one attached hydrogen (secondary N) is 6. The van der Waals surface area contributed by atoms with Gasteiger partial charge in [0.15, 0.2) is 0 Å². The Kier molecular flexibility index (Phi) is 17.6. The third kappa shape index (κ3) is 14.8. The summed E-state index contributed by atoms with van der Waals surface area (Å²) in [6.45, 7) is 10.5. The number of hydrogen-bond acceptors (Lipinski definition) is 10. The number of carbonyl (C=O) groups is 8. The molecule has 7 atom stereocenters. The highest BCUT2D eigenvalue weighted by Crippen LogP contribution is 2.21. The number of aliphatic carboxylic acids is 1. The van der Waals surface area contributed by atoms with Crippen LogP contribution in [0.4, 0.5) is 0 Å². The van der Waals surface area contributed by atoms with Crippen LogP contribution >= 0.6 is 0 Å². The highest BCUT2D eigenvalue weighted by atomic mass is 16.4. The summed E-state index contributed by atoms with van der Waals surface area (Å²) in [5.41, 5.74) is 5.65. The Hall–Kier alpha value is -4.32. The smallest absolute Gasteiger partial charge is 0.326 e. The second-order valence-electron chi connectivity index (χ2n) is 13.2. The Morgan fingerprint density at radius 1 is 0.735 bits per heavy atom. The number of carboxylic acid groups (broad SMARTS) is 1. The van der Waals surface area contributed by atoms with Gasteiger partial charge in [-0.2, -0.15) is 0 Å². The minimum Gasteiger partial charge on any atom is -0.480 e. The lowest BCUT2D eigenvalue weighted by Gasteiger charge is -2.30. The Bertz CT molecular complexity index is 1210. The number of aliphatic hydroxyl groups is 1. The molecule has 1 heterocycles. The molecule has 10 N–H and O–H groups in total. The summed E-state index contributed by atoms with van der Waals surface area (Å²) >= 11 is 0. The van der Waals surface area contributed by atoms with Gasteiger partial charge in [0.25, 0.3) is 0 Å². The first-order chi connectivity index (χ1) is 22.7. The fourth-order valence-electron chi connectivity index (χ4n) is 5.02. The normalized spacial score (nSPS) is 17.9. The molecule has 278 valence electrons. The Balaban J connectivity index is 2.65. The van der Waals surface area contributed by atoms with Crippen molar-refractivity contribution in [1.82, 2.24) is 36.8 Å². The Morgan fingerprint density at radius 2 is 1.29 bits per heavy atom. The van der Waals surface area contributed by atoms with Crippen molar-refractivity contribution in [3.63, 3.8) is 0 Å². The number of rotatable bonds is 19. The molecule has 18 heteroatoms. The SMILES string of the molecule is CC(C)C[C@H](NC(=O)[C@@H](NC(=O)CNC(=O)CNC(=O)[C@H](C)NC(=O)[C@@H]1CCCN1C(=O)[C@H](CC(C)C)NC(=O)[C@H](C)N)[C@@H](C)O)C(=O)O. The highest BCUT2D eigenvalue weighted by molar-refractivity contribution is 5.96. The number of hydrogen-bond donors (Lipinski definition) is 9. The largest absolute Gasteiger partial charge is 0.480 e. The first kappa shape index (κ1) is 42.7. The highest BCUT2D eigenvalue weighted by Gasteiger charge is 2.39. The zero-order chi connectivity index (χ0) is 37.6. The minimum atomic E-state index is -1.50. The molecule has 1 saturated heterocycles. The van der Waals surface area contributed by atoms with Crippen LogP contribution in [0.5, 0.6) is 0 Å². The van der Waals surface area contributed by atoms with Crippen LogP contribution in [0.2, 0.25) is 0 Å². The van der Waals surface area contributed by atoms with Crippen molar-refractivity contribution in [2.75, 3.05) is 19.6 Å². The van der Waals surface area contributed by atoms with Gasteiger partial charge in [-0.3, -0.25) is 33.6 Å². The fourth-order valence-corrected chi connectivity index (χ4v) is 5.02. The number of nitrogens with zero attached hydrogens (tertiary/aromatic N) is 1. The Labute approximate surface area is 286 Å². The van der Waals surface area contributed by atoms with Crippen molar-refractivity contribution in [1.29, 1.82) is 0 Å². The molecule has 0 radical (unpaired) electrons. The molecule has 49 heavy (non-hydrogen) atoms. The van der Waals surface area contributed by atoms with Crippen LogP contribution in [0.1, 0.15) is 74.1 Å². The van der Waals surface area contributed by atoms with E-state index < -0.39 is 103 Å². The molecule has 1 fully saturated rings. The van der Waals surface area contributed by atoms with Gasteiger partial charge >= 0.3 is 5.97 Å². The predicted octanol–water partition coefficient (Wildman–Crippen LogP) is -2.93. The van der Waals surface area contributed by atoms with Gasteiger partial charge in [-0.05, 0) is 58.3 Å². The summed E-state index contributed by atoms with van der Waals surface area (Å²) in [6, 6.07) is -6.40. The van der Waals surface area contributed by atoms with E-state index in [0.717, 1.165) is 0 Å². The summed E-state index contributed by atoms with van der Waals surface area (Å²) < 4.78 is 0. The maximum atomic E-state index is 13.4. The van der Waals surface area contributed by atoms with Gasteiger partial charge in [0, 0.05) is 6.54 Å². The molecule has 7 amide bonds. The average Bonchev–Trinajstić information content (AvgIpc) is 3.49. The number of aliphatic hydroxyl groups excluding tert-OH is 1. The maximum Gasteiger partial charge on any atom is 0.326 e. The van der Waals surface area contributed by atoms with E-state index in [0.29, 0.717) is 19.3 Å². The molecule has 0 bridgehead atoms. The van der Waals surface area contributed by atoms with Crippen LogP contribution in [-0.2, 0) is 38.4 Å². The van der Waals surface area contributed by atoms with E-state index in [9.17, 15) is 48.6 Å². The second-order valence-corrected chi connectivity index (χ2v) is 13.2. The van der Waals surface area contributed by atoms with Gasteiger partial charge in [-0.15, -0.1) is 0 Å². The van der Waals surface area contributed by atoms with Gasteiger partial charge in [0.1, 0.15) is 30.2 Å². The van der Waals surface area contributed by atoms with Crippen LogP contribution in [0, 0.1) is 11.8 Å². The van der Waals surface area contributed by atoms with Gasteiger partial charge < -0.3 is 52.7 Å². The van der Waals surface area contributed by atoms with Gasteiger partial charge in [0.05, 0.1) is 25.2 Å². The van der Waals surface area contributed by atoms with E-state index in [2.05, 4.69) is 31.9 Å². The molecule has 1 rings (SSSR count). The molecular formula is C31H54N8O10. The van der Waals surface area contributed by atoms with Gasteiger partial charge in [-0.1, -0.05) is 27.7 Å². The van der Waals surface area contributed by atoms with Crippen molar-refractivity contribution < 1.29 is 48.6 Å². The summed E-state index contributed by atoms with van der Waals surface area (Å²) in [5, 5.41) is 33.7. The van der Waals surface area contributed by atoms with Crippen molar-refractivity contribution in [2.24, 2.45) is 17.6 Å². The quantitative estimate of drug-likeness (QED) is 0.0659. The lowest BCUT2D eigenvalue weighted by molar-refractivity contribution is -0.143. The molecule has 18 nitrogen and oxygen atoms in total. The summed E-state index contributed by atoms with van der Waals surface area (Å²) in [4.78, 5) is 101. The number of carbonyl (C=O) groups excluding carboxylic acids is 7. The standard InChI is InChI=1S/C31H54N8O10/c1-15(2)11-20(36-26(43)17(5)32)30(47)39-10-8-9-22(39)28(45)35-18(6)27(44)34-13-23(41)33-14-24(42)38-25(19(7)40)29(46)37-21(31(48)49)12-16(3)4/h15-22,25,40H,8-14,32H2,1-7H3,(H,33,41)(H,34,44)(H,35,45)(H,36,43)(H,37,46)(H,38,42)(H,48,49)/t17-,18-,19+,20-,21-,22-,25-/m0/s1. The molecule has 0 aromatic heterocycles. The van der Waals surface area contributed by atoms with Crippen LogP contribution in [-0.4, -0.2) is 124 Å². The van der Waals surface area contributed by atoms with E-state index in [1.54, 1.807) is 13.8 Å². The van der Waals surface area contributed by atoms with E-state index in [1.165, 1.54) is 25.7 Å². The molecule has 0 saturated carbocycles.